The van der Waals surface area contributed by atoms with Crippen molar-refractivity contribution in [3.05, 3.63) is 11.0 Å². The summed E-state index contributed by atoms with van der Waals surface area (Å²) in [6.07, 6.45) is 1.94. The molecule has 1 heterocycles. The zero-order chi connectivity index (χ0) is 9.14. The number of hydrogen-bond donors (Lipinski definition) is 3. The van der Waals surface area contributed by atoms with E-state index < -0.39 is 0 Å². The molecule has 0 aromatic heterocycles. The van der Waals surface area contributed by atoms with Gasteiger partial charge in [0, 0.05) is 16.6 Å². The van der Waals surface area contributed by atoms with E-state index in [1.54, 1.807) is 11.8 Å². The van der Waals surface area contributed by atoms with Gasteiger partial charge in [-0.15, -0.1) is 11.8 Å². The fraction of sp³-hybridized carbons (Fsp3) is 0.571. The summed E-state index contributed by atoms with van der Waals surface area (Å²) in [4.78, 5) is 1.06. The van der Waals surface area contributed by atoms with Crippen molar-refractivity contribution >= 4 is 17.6 Å². The Labute approximate surface area is 75.6 Å². The minimum atomic E-state index is -0.0700. The van der Waals surface area contributed by atoms with Crippen LogP contribution in [-0.2, 0) is 0 Å². The van der Waals surface area contributed by atoms with Crippen molar-refractivity contribution in [2.75, 3.05) is 5.75 Å². The van der Waals surface area contributed by atoms with Crippen LogP contribution < -0.4 is 5.73 Å². The highest BCUT2D eigenvalue weighted by atomic mass is 32.2. The van der Waals surface area contributed by atoms with Crippen molar-refractivity contribution < 1.29 is 0 Å². The lowest BCUT2D eigenvalue weighted by Crippen LogP contribution is -2.20. The summed E-state index contributed by atoms with van der Waals surface area (Å²) in [5, 5.41) is 10.6. The van der Waals surface area contributed by atoms with Crippen LogP contribution in [0.2, 0.25) is 0 Å². The first kappa shape index (κ1) is 9.25. The molecule has 0 radical (unpaired) electrons. The second-order valence-corrected chi connectivity index (χ2v) is 3.84. The zero-order valence-electron chi connectivity index (χ0n) is 6.87. The molecule has 0 bridgehead atoms. The van der Waals surface area contributed by atoms with Gasteiger partial charge in [-0.05, 0) is 6.92 Å². The summed E-state index contributed by atoms with van der Waals surface area (Å²) >= 11 is 1.64. The third kappa shape index (κ3) is 1.85. The average molecular weight is 184 g/mol. The largest absolute Gasteiger partial charge is 0.387 e. The molecule has 12 heavy (non-hydrogen) atoms. The Balaban J connectivity index is 2.65. The van der Waals surface area contributed by atoms with Crippen molar-refractivity contribution in [2.24, 2.45) is 16.8 Å². The summed E-state index contributed by atoms with van der Waals surface area (Å²) in [5.41, 5.74) is 12.2. The van der Waals surface area contributed by atoms with E-state index in [2.05, 4.69) is 5.11 Å². The summed E-state index contributed by atoms with van der Waals surface area (Å²) < 4.78 is 0. The predicted octanol–water partition coefficient (Wildman–Crippen LogP) is 1.59. The van der Waals surface area contributed by atoms with Crippen molar-refractivity contribution in [1.29, 1.82) is 10.9 Å². The molecule has 0 aliphatic carbocycles. The highest BCUT2D eigenvalue weighted by Crippen LogP contribution is 2.32. The second kappa shape index (κ2) is 3.71. The van der Waals surface area contributed by atoms with Crippen LogP contribution in [0.15, 0.2) is 16.1 Å². The van der Waals surface area contributed by atoms with Gasteiger partial charge in [0.1, 0.15) is 0 Å². The van der Waals surface area contributed by atoms with Gasteiger partial charge in [-0.3, -0.25) is 5.41 Å². The Morgan fingerprint density at radius 3 is 3.00 bits per heavy atom. The van der Waals surface area contributed by atoms with Crippen LogP contribution in [0.4, 0.5) is 0 Å². The van der Waals surface area contributed by atoms with Gasteiger partial charge in [0.15, 0.2) is 0 Å². The van der Waals surface area contributed by atoms with Crippen LogP contribution in [0.25, 0.3) is 0 Å². The Bertz CT molecular complexity index is 236. The van der Waals surface area contributed by atoms with E-state index >= 15 is 0 Å². The van der Waals surface area contributed by atoms with Crippen LogP contribution in [0.5, 0.6) is 0 Å². The van der Waals surface area contributed by atoms with Crippen LogP contribution in [-0.4, -0.2) is 17.6 Å². The first-order valence-corrected chi connectivity index (χ1v) is 4.68. The summed E-state index contributed by atoms with van der Waals surface area (Å²) in [6, 6.07) is -0.0700. The topological polar surface area (TPSA) is 86.1 Å². The predicted molar refractivity (Wildman–Crippen MR) is 50.6 cm³/mol. The molecule has 0 amide bonds. The van der Waals surface area contributed by atoms with E-state index in [0.717, 1.165) is 10.7 Å². The number of amidine groups is 1. The Morgan fingerprint density at radius 2 is 2.58 bits per heavy atom. The van der Waals surface area contributed by atoms with Crippen LogP contribution in [0, 0.1) is 16.9 Å². The second-order valence-electron chi connectivity index (χ2n) is 2.75. The molecule has 66 valence electrons. The number of nitrogens with one attached hydrogen (secondary N) is 2. The molecule has 0 fully saturated rings. The molecule has 0 saturated carbocycles. The number of thioether (sulfide) groups is 1. The molecule has 0 spiro atoms. The summed E-state index contributed by atoms with van der Waals surface area (Å²) in [5.74, 6) is 1.08. The molecule has 1 aliphatic heterocycles. The Hall–Kier alpha value is -0.840. The van der Waals surface area contributed by atoms with Crippen molar-refractivity contribution in [1.82, 2.24) is 0 Å². The molecule has 1 rings (SSSR count). The Kier molecular flexibility index (Phi) is 2.86. The van der Waals surface area contributed by atoms with Crippen molar-refractivity contribution in [2.45, 2.75) is 13.0 Å². The quantitative estimate of drug-likeness (QED) is 0.353. The van der Waals surface area contributed by atoms with Gasteiger partial charge in [-0.2, -0.15) is 5.11 Å². The van der Waals surface area contributed by atoms with Gasteiger partial charge >= 0.3 is 0 Å². The van der Waals surface area contributed by atoms with Gasteiger partial charge in [0.2, 0.25) is 0 Å². The minimum absolute atomic E-state index is 0.0502. The maximum Gasteiger partial charge on any atom is 0.0984 e. The van der Waals surface area contributed by atoms with Crippen molar-refractivity contribution in [3.8, 4) is 0 Å². The minimum Gasteiger partial charge on any atom is -0.387 e. The van der Waals surface area contributed by atoms with Gasteiger partial charge in [-0.25, -0.2) is 5.53 Å². The molecule has 5 heteroatoms. The fourth-order valence-corrected chi connectivity index (χ4v) is 2.19. The molecular formula is C7H12N4S. The smallest absolute Gasteiger partial charge is 0.0984 e. The monoisotopic (exact) mass is 184 g/mol. The van der Waals surface area contributed by atoms with E-state index in [9.17, 15) is 0 Å². The van der Waals surface area contributed by atoms with E-state index in [1.165, 1.54) is 0 Å². The molecule has 0 aromatic carbocycles. The average Bonchev–Trinajstić information content (AvgIpc) is 2.51. The van der Waals surface area contributed by atoms with Crippen LogP contribution >= 0.6 is 11.8 Å². The molecule has 1 aliphatic rings. The lowest BCUT2D eigenvalue weighted by atomic mass is 10.1. The van der Waals surface area contributed by atoms with Crippen molar-refractivity contribution in [3.63, 3.8) is 0 Å². The Morgan fingerprint density at radius 1 is 1.92 bits per heavy atom. The zero-order valence-corrected chi connectivity index (χ0v) is 7.69. The third-order valence-electron chi connectivity index (χ3n) is 1.80. The van der Waals surface area contributed by atoms with E-state index in [4.69, 9.17) is 16.7 Å². The lowest BCUT2D eigenvalue weighted by molar-refractivity contribution is 0.801. The van der Waals surface area contributed by atoms with Gasteiger partial charge in [-0.1, -0.05) is 6.08 Å². The SMILES string of the molecule is C[C@@H](N=N)C1=CC(C(=N)N)CS1. The molecular weight excluding hydrogens is 172 g/mol. The normalized spacial score (nSPS) is 24.8. The van der Waals surface area contributed by atoms with Crippen LogP contribution in [0.1, 0.15) is 6.92 Å². The molecule has 0 aromatic rings. The van der Waals surface area contributed by atoms with E-state index in [-0.39, 0.29) is 17.8 Å². The number of nitrogens with zero attached hydrogens (tertiary/aromatic N) is 1. The maximum atomic E-state index is 7.22. The van der Waals surface area contributed by atoms with Gasteiger partial charge < -0.3 is 5.73 Å². The first-order chi connectivity index (χ1) is 5.65. The third-order valence-corrected chi connectivity index (χ3v) is 3.14. The van der Waals surface area contributed by atoms with Crippen LogP contribution in [0.3, 0.4) is 0 Å². The molecule has 0 saturated heterocycles. The van der Waals surface area contributed by atoms with Gasteiger partial charge in [0.25, 0.3) is 0 Å². The molecule has 2 atom stereocenters. The fourth-order valence-electron chi connectivity index (χ4n) is 0.984. The highest BCUT2D eigenvalue weighted by molar-refractivity contribution is 8.03. The molecule has 4 N–H and O–H groups in total. The molecule has 1 unspecified atom stereocenters. The number of nitrogens with two attached hydrogens (primary N) is 1. The summed E-state index contributed by atoms with van der Waals surface area (Å²) in [7, 11) is 0. The maximum absolute atomic E-state index is 7.22. The highest BCUT2D eigenvalue weighted by Gasteiger charge is 2.21. The number of rotatable bonds is 3. The van der Waals surface area contributed by atoms with E-state index in [0.29, 0.717) is 0 Å². The number of hydrogen-bond acceptors (Lipinski definition) is 4. The standard InChI is InChI=1S/C7H12N4S/c1-4(11-10)6-2-5(3-12-6)7(8)9/h2,4-5,10H,3H2,1H3,(H3,8,9)/t4-,5?/m1/s1. The van der Waals surface area contributed by atoms with E-state index in [1.807, 2.05) is 13.0 Å². The summed E-state index contributed by atoms with van der Waals surface area (Å²) in [6.45, 7) is 1.87. The first-order valence-electron chi connectivity index (χ1n) is 3.70. The molecule has 4 nitrogen and oxygen atoms in total. The lowest BCUT2D eigenvalue weighted by Gasteiger charge is -2.01. The van der Waals surface area contributed by atoms with Gasteiger partial charge in [0.05, 0.1) is 11.9 Å².